The first-order valence-electron chi connectivity index (χ1n) is 7.31. The number of carbonyl (C=O) groups is 1. The van der Waals surface area contributed by atoms with Crippen LogP contribution in [0.2, 0.25) is 0 Å². The van der Waals surface area contributed by atoms with Gasteiger partial charge in [0, 0.05) is 26.1 Å². The first-order valence-corrected chi connectivity index (χ1v) is 7.31. The molecule has 0 saturated heterocycles. The van der Waals surface area contributed by atoms with E-state index >= 15 is 0 Å². The van der Waals surface area contributed by atoms with Crippen molar-refractivity contribution in [2.45, 2.75) is 26.2 Å². The number of ether oxygens (including phenoxy) is 1. The quantitative estimate of drug-likeness (QED) is 0.574. The summed E-state index contributed by atoms with van der Waals surface area (Å²) in [5, 5.41) is 8.79. The van der Waals surface area contributed by atoms with Crippen LogP contribution in [-0.4, -0.2) is 47.6 Å². The van der Waals surface area contributed by atoms with Gasteiger partial charge in [-0.25, -0.2) is 0 Å². The van der Waals surface area contributed by atoms with Crippen LogP contribution >= 0.6 is 0 Å². The lowest BCUT2D eigenvalue weighted by Gasteiger charge is -2.09. The highest BCUT2D eigenvalue weighted by atomic mass is 16.5. The predicted molar refractivity (Wildman–Crippen MR) is 79.4 cm³/mol. The smallest absolute Gasteiger partial charge is 0.323 e. The van der Waals surface area contributed by atoms with Gasteiger partial charge in [0.2, 0.25) is 17.8 Å². The van der Waals surface area contributed by atoms with Crippen molar-refractivity contribution in [3.8, 4) is 6.01 Å². The van der Waals surface area contributed by atoms with Crippen molar-refractivity contribution in [1.82, 2.24) is 20.3 Å². The van der Waals surface area contributed by atoms with E-state index in [1.165, 1.54) is 0 Å². The fourth-order valence-electron chi connectivity index (χ4n) is 1.66. The number of nitrogens with zero attached hydrogens (tertiary/aromatic N) is 3. The summed E-state index contributed by atoms with van der Waals surface area (Å²) in [4.78, 5) is 24.0. The van der Waals surface area contributed by atoms with E-state index in [1.54, 1.807) is 7.05 Å². The Kier molecular flexibility index (Phi) is 5.53. The van der Waals surface area contributed by atoms with Crippen LogP contribution in [0.4, 0.5) is 11.9 Å². The fraction of sp³-hybridized carbons (Fsp3) is 0.692. The molecule has 0 aliphatic heterocycles. The maximum atomic E-state index is 11.5. The van der Waals surface area contributed by atoms with Gasteiger partial charge in [-0.2, -0.15) is 15.0 Å². The molecule has 1 aromatic heterocycles. The minimum atomic E-state index is 0.135. The summed E-state index contributed by atoms with van der Waals surface area (Å²) >= 11 is 0. The third kappa shape index (κ3) is 5.05. The number of rotatable bonds is 9. The lowest BCUT2D eigenvalue weighted by molar-refractivity contribution is -0.122. The lowest BCUT2D eigenvalue weighted by atomic mass is 10.4. The third-order valence-electron chi connectivity index (χ3n) is 2.93. The Morgan fingerprint density at radius 3 is 2.67 bits per heavy atom. The van der Waals surface area contributed by atoms with Crippen molar-refractivity contribution in [3.63, 3.8) is 0 Å². The Bertz CT molecular complexity index is 478. The first kappa shape index (κ1) is 15.3. The Balaban J connectivity index is 1.81. The van der Waals surface area contributed by atoms with Crippen LogP contribution in [0.1, 0.15) is 26.2 Å². The van der Waals surface area contributed by atoms with E-state index in [4.69, 9.17) is 4.74 Å². The van der Waals surface area contributed by atoms with Crippen molar-refractivity contribution in [3.05, 3.63) is 0 Å². The molecule has 0 bridgehead atoms. The summed E-state index contributed by atoms with van der Waals surface area (Å²) in [6, 6.07) is 0.292. The van der Waals surface area contributed by atoms with E-state index in [0.29, 0.717) is 37.6 Å². The van der Waals surface area contributed by atoms with Crippen LogP contribution in [0, 0.1) is 5.92 Å². The zero-order valence-electron chi connectivity index (χ0n) is 12.5. The van der Waals surface area contributed by atoms with E-state index in [1.807, 2.05) is 6.92 Å². The maximum Gasteiger partial charge on any atom is 0.323 e. The molecular weight excluding hydrogens is 272 g/mol. The van der Waals surface area contributed by atoms with E-state index in [9.17, 15) is 4.79 Å². The van der Waals surface area contributed by atoms with Gasteiger partial charge in [-0.05, 0) is 19.3 Å². The summed E-state index contributed by atoms with van der Waals surface area (Å²) in [6.45, 7) is 3.67. The van der Waals surface area contributed by atoms with E-state index < -0.39 is 0 Å². The van der Waals surface area contributed by atoms with Crippen LogP contribution < -0.4 is 20.7 Å². The molecule has 8 nitrogen and oxygen atoms in total. The van der Waals surface area contributed by atoms with Crippen LogP contribution in [0.5, 0.6) is 6.01 Å². The molecule has 0 aromatic carbocycles. The number of hydrogen-bond donors (Lipinski definition) is 3. The van der Waals surface area contributed by atoms with Gasteiger partial charge in [0.1, 0.15) is 0 Å². The van der Waals surface area contributed by atoms with Gasteiger partial charge in [-0.3, -0.25) is 4.79 Å². The second-order valence-electron chi connectivity index (χ2n) is 4.86. The molecule has 1 amide bonds. The van der Waals surface area contributed by atoms with Gasteiger partial charge in [-0.15, -0.1) is 0 Å². The first-order chi connectivity index (χ1) is 10.2. The monoisotopic (exact) mass is 294 g/mol. The van der Waals surface area contributed by atoms with Crippen LogP contribution in [0.25, 0.3) is 0 Å². The fourth-order valence-corrected chi connectivity index (χ4v) is 1.66. The Labute approximate surface area is 124 Å². The van der Waals surface area contributed by atoms with E-state index in [2.05, 4.69) is 30.9 Å². The molecule has 8 heteroatoms. The number of amides is 1. The van der Waals surface area contributed by atoms with Gasteiger partial charge in [-0.1, -0.05) is 6.92 Å². The molecule has 21 heavy (non-hydrogen) atoms. The zero-order valence-corrected chi connectivity index (χ0v) is 12.5. The third-order valence-corrected chi connectivity index (χ3v) is 2.93. The number of carbonyl (C=O) groups excluding carboxylic acids is 1. The number of nitrogens with one attached hydrogen (secondary N) is 3. The standard InChI is InChI=1S/C13H22N6O2/c1-3-8-21-13-18-11(14-2)17-12(19-13)16-7-6-15-10(20)9-4-5-9/h9H,3-8H2,1-2H3,(H,15,20)(H2,14,16,17,18,19). The summed E-state index contributed by atoms with van der Waals surface area (Å²) in [7, 11) is 1.73. The second kappa shape index (κ2) is 7.61. The largest absolute Gasteiger partial charge is 0.463 e. The van der Waals surface area contributed by atoms with Crippen LogP contribution in [0.15, 0.2) is 0 Å². The number of anilines is 2. The van der Waals surface area contributed by atoms with Crippen molar-refractivity contribution >= 4 is 17.8 Å². The molecule has 1 aromatic rings. The highest BCUT2D eigenvalue weighted by Gasteiger charge is 2.28. The van der Waals surface area contributed by atoms with Crippen molar-refractivity contribution in [2.75, 3.05) is 37.4 Å². The molecular formula is C13H22N6O2. The van der Waals surface area contributed by atoms with Crippen LogP contribution in [0.3, 0.4) is 0 Å². The normalized spacial score (nSPS) is 13.6. The highest BCUT2D eigenvalue weighted by Crippen LogP contribution is 2.28. The van der Waals surface area contributed by atoms with Gasteiger partial charge in [0.25, 0.3) is 0 Å². The van der Waals surface area contributed by atoms with Gasteiger partial charge >= 0.3 is 6.01 Å². The average Bonchev–Trinajstić information content (AvgIpc) is 3.34. The van der Waals surface area contributed by atoms with Crippen molar-refractivity contribution in [1.29, 1.82) is 0 Å². The van der Waals surface area contributed by atoms with Gasteiger partial charge < -0.3 is 20.7 Å². The molecule has 116 valence electrons. The van der Waals surface area contributed by atoms with Crippen molar-refractivity contribution in [2.24, 2.45) is 5.92 Å². The molecule has 0 spiro atoms. The van der Waals surface area contributed by atoms with Gasteiger partial charge in [0.05, 0.1) is 6.61 Å². The summed E-state index contributed by atoms with van der Waals surface area (Å²) in [6.07, 6.45) is 2.91. The molecule has 1 aliphatic carbocycles. The summed E-state index contributed by atoms with van der Waals surface area (Å²) in [5.74, 6) is 1.24. The molecule has 1 aliphatic rings. The molecule has 1 saturated carbocycles. The minimum absolute atomic E-state index is 0.135. The van der Waals surface area contributed by atoms with Crippen LogP contribution in [-0.2, 0) is 4.79 Å². The molecule has 0 unspecified atom stereocenters. The molecule has 3 N–H and O–H groups in total. The highest BCUT2D eigenvalue weighted by molar-refractivity contribution is 5.80. The van der Waals surface area contributed by atoms with Gasteiger partial charge in [0.15, 0.2) is 0 Å². The zero-order chi connectivity index (χ0) is 15.1. The number of aromatic nitrogens is 3. The number of hydrogen-bond acceptors (Lipinski definition) is 7. The SMILES string of the molecule is CCCOc1nc(NC)nc(NCCNC(=O)C2CC2)n1. The molecule has 0 atom stereocenters. The topological polar surface area (TPSA) is 101 Å². The average molecular weight is 294 g/mol. The lowest BCUT2D eigenvalue weighted by Crippen LogP contribution is -2.30. The Morgan fingerprint density at radius 2 is 2.00 bits per heavy atom. The summed E-state index contributed by atoms with van der Waals surface area (Å²) in [5.41, 5.74) is 0. The second-order valence-corrected chi connectivity index (χ2v) is 4.86. The molecule has 1 fully saturated rings. The molecule has 1 heterocycles. The van der Waals surface area contributed by atoms with E-state index in [-0.39, 0.29) is 11.8 Å². The summed E-state index contributed by atoms with van der Waals surface area (Å²) < 4.78 is 5.41. The molecule has 2 rings (SSSR count). The Hall–Kier alpha value is -2.12. The van der Waals surface area contributed by atoms with E-state index in [0.717, 1.165) is 19.3 Å². The predicted octanol–water partition coefficient (Wildman–Crippen LogP) is 0.640. The maximum absolute atomic E-state index is 11.5. The molecule has 0 radical (unpaired) electrons. The van der Waals surface area contributed by atoms with Crippen molar-refractivity contribution < 1.29 is 9.53 Å². The Morgan fingerprint density at radius 1 is 1.24 bits per heavy atom. The minimum Gasteiger partial charge on any atom is -0.463 e.